The van der Waals surface area contributed by atoms with Crippen molar-refractivity contribution in [2.75, 3.05) is 18.0 Å². The predicted molar refractivity (Wildman–Crippen MR) is 52.7 cm³/mol. The average Bonchev–Trinajstić information content (AvgIpc) is 2.86. The Morgan fingerprint density at radius 3 is 2.79 bits per heavy atom. The Labute approximate surface area is 82.9 Å². The molecule has 4 nitrogen and oxygen atoms in total. The van der Waals surface area contributed by atoms with Gasteiger partial charge in [0.2, 0.25) is 0 Å². The monoisotopic (exact) mass is 191 g/mol. The van der Waals surface area contributed by atoms with Gasteiger partial charge in [-0.05, 0) is 18.9 Å². The third kappa shape index (κ3) is 1.59. The Kier molecular flexibility index (Phi) is 2.42. The summed E-state index contributed by atoms with van der Waals surface area (Å²) in [7, 11) is 0. The Morgan fingerprint density at radius 1 is 1.43 bits per heavy atom. The van der Waals surface area contributed by atoms with Crippen molar-refractivity contribution in [3.8, 4) is 6.07 Å². The van der Waals surface area contributed by atoms with Crippen molar-refractivity contribution in [2.24, 2.45) is 5.73 Å². The normalized spacial score (nSPS) is 18.1. The van der Waals surface area contributed by atoms with Crippen LogP contribution in [-0.2, 0) is 0 Å². The summed E-state index contributed by atoms with van der Waals surface area (Å²) in [6, 6.07) is 4.97. The summed E-state index contributed by atoms with van der Waals surface area (Å²) >= 11 is 0. The van der Waals surface area contributed by atoms with E-state index in [-0.39, 0.29) is 0 Å². The molecule has 1 aliphatic heterocycles. The summed E-state index contributed by atoms with van der Waals surface area (Å²) in [5, 5.41) is 8.61. The summed E-state index contributed by atoms with van der Waals surface area (Å²) < 4.78 is 5.50. The van der Waals surface area contributed by atoms with Crippen LogP contribution in [0.15, 0.2) is 16.5 Å². The molecular weight excluding hydrogens is 178 g/mol. The van der Waals surface area contributed by atoms with E-state index in [1.807, 2.05) is 12.1 Å². The van der Waals surface area contributed by atoms with Gasteiger partial charge in [-0.1, -0.05) is 0 Å². The molecule has 1 atom stereocenters. The molecule has 2 rings (SSSR count). The highest BCUT2D eigenvalue weighted by atomic mass is 16.4. The SMILES string of the molecule is N#CC(N)c1ccc(N2CCCC2)o1. The molecule has 14 heavy (non-hydrogen) atoms. The molecule has 2 N–H and O–H groups in total. The molecule has 0 aliphatic carbocycles. The zero-order valence-electron chi connectivity index (χ0n) is 7.94. The van der Waals surface area contributed by atoms with E-state index >= 15 is 0 Å². The summed E-state index contributed by atoms with van der Waals surface area (Å²) in [6.07, 6.45) is 2.42. The molecule has 1 unspecified atom stereocenters. The molecule has 4 heteroatoms. The van der Waals surface area contributed by atoms with E-state index in [9.17, 15) is 0 Å². The van der Waals surface area contributed by atoms with Crippen LogP contribution in [-0.4, -0.2) is 13.1 Å². The van der Waals surface area contributed by atoms with Crippen LogP contribution >= 0.6 is 0 Å². The lowest BCUT2D eigenvalue weighted by atomic mass is 10.3. The van der Waals surface area contributed by atoms with Crippen LogP contribution in [0.5, 0.6) is 0 Å². The first kappa shape index (κ1) is 9.10. The van der Waals surface area contributed by atoms with E-state index in [0.29, 0.717) is 5.76 Å². The second-order valence-corrected chi connectivity index (χ2v) is 3.48. The highest BCUT2D eigenvalue weighted by Gasteiger charge is 2.17. The number of nitrogens with zero attached hydrogens (tertiary/aromatic N) is 2. The predicted octanol–water partition coefficient (Wildman–Crippen LogP) is 1.40. The van der Waals surface area contributed by atoms with Gasteiger partial charge in [0.15, 0.2) is 11.9 Å². The summed E-state index contributed by atoms with van der Waals surface area (Å²) in [5.41, 5.74) is 5.53. The van der Waals surface area contributed by atoms with Crippen molar-refractivity contribution in [3.63, 3.8) is 0 Å². The summed E-state index contributed by atoms with van der Waals surface area (Å²) in [6.45, 7) is 2.07. The lowest BCUT2D eigenvalue weighted by molar-refractivity contribution is 0.493. The number of nitriles is 1. The van der Waals surface area contributed by atoms with Crippen LogP contribution in [0.3, 0.4) is 0 Å². The van der Waals surface area contributed by atoms with Crippen LogP contribution < -0.4 is 10.6 Å². The summed E-state index contributed by atoms with van der Waals surface area (Å²) in [4.78, 5) is 2.17. The van der Waals surface area contributed by atoms with Crippen molar-refractivity contribution < 1.29 is 4.42 Å². The lowest BCUT2D eigenvalue weighted by Gasteiger charge is -2.12. The maximum atomic E-state index is 8.61. The molecule has 1 aromatic heterocycles. The molecule has 2 heterocycles. The minimum atomic E-state index is -0.647. The van der Waals surface area contributed by atoms with Crippen molar-refractivity contribution in [1.82, 2.24) is 0 Å². The number of anilines is 1. The highest BCUT2D eigenvalue weighted by molar-refractivity contribution is 5.38. The summed E-state index contributed by atoms with van der Waals surface area (Å²) in [5.74, 6) is 1.39. The highest BCUT2D eigenvalue weighted by Crippen LogP contribution is 2.24. The minimum Gasteiger partial charge on any atom is -0.443 e. The number of hydrogen-bond donors (Lipinski definition) is 1. The smallest absolute Gasteiger partial charge is 0.195 e. The van der Waals surface area contributed by atoms with Gasteiger partial charge in [-0.25, -0.2) is 0 Å². The molecule has 0 spiro atoms. The van der Waals surface area contributed by atoms with Gasteiger partial charge in [0, 0.05) is 19.2 Å². The fourth-order valence-corrected chi connectivity index (χ4v) is 1.68. The van der Waals surface area contributed by atoms with Crippen LogP contribution in [0.25, 0.3) is 0 Å². The van der Waals surface area contributed by atoms with Gasteiger partial charge in [-0.15, -0.1) is 0 Å². The maximum Gasteiger partial charge on any atom is 0.195 e. The lowest BCUT2D eigenvalue weighted by Crippen LogP contribution is -2.16. The van der Waals surface area contributed by atoms with Gasteiger partial charge in [-0.2, -0.15) is 5.26 Å². The van der Waals surface area contributed by atoms with E-state index in [2.05, 4.69) is 4.90 Å². The third-order valence-corrected chi connectivity index (χ3v) is 2.48. The molecule has 1 fully saturated rings. The van der Waals surface area contributed by atoms with Crippen molar-refractivity contribution in [2.45, 2.75) is 18.9 Å². The molecule has 0 amide bonds. The second kappa shape index (κ2) is 3.72. The standard InChI is InChI=1S/C10H13N3O/c11-7-8(12)9-3-4-10(14-9)13-5-1-2-6-13/h3-4,8H,1-2,5-6,12H2. The van der Waals surface area contributed by atoms with Crippen molar-refractivity contribution in [1.29, 1.82) is 5.26 Å². The van der Waals surface area contributed by atoms with E-state index in [1.165, 1.54) is 12.8 Å². The zero-order chi connectivity index (χ0) is 9.97. The van der Waals surface area contributed by atoms with Gasteiger partial charge >= 0.3 is 0 Å². The van der Waals surface area contributed by atoms with Crippen LogP contribution in [0.1, 0.15) is 24.6 Å². The van der Waals surface area contributed by atoms with Gasteiger partial charge in [0.25, 0.3) is 0 Å². The Balaban J connectivity index is 2.13. The zero-order valence-corrected chi connectivity index (χ0v) is 7.94. The number of rotatable bonds is 2. The van der Waals surface area contributed by atoms with Crippen molar-refractivity contribution in [3.05, 3.63) is 17.9 Å². The fraction of sp³-hybridized carbons (Fsp3) is 0.500. The van der Waals surface area contributed by atoms with Crippen LogP contribution in [0.4, 0.5) is 5.88 Å². The van der Waals surface area contributed by atoms with Gasteiger partial charge in [-0.3, -0.25) is 0 Å². The first-order chi connectivity index (χ1) is 6.81. The van der Waals surface area contributed by atoms with Gasteiger partial charge in [0.05, 0.1) is 6.07 Å². The largest absolute Gasteiger partial charge is 0.443 e. The topological polar surface area (TPSA) is 66.2 Å². The molecule has 0 saturated carbocycles. The second-order valence-electron chi connectivity index (χ2n) is 3.48. The molecule has 1 aliphatic rings. The van der Waals surface area contributed by atoms with Gasteiger partial charge < -0.3 is 15.1 Å². The van der Waals surface area contributed by atoms with E-state index < -0.39 is 6.04 Å². The van der Waals surface area contributed by atoms with Crippen molar-refractivity contribution >= 4 is 5.88 Å². The molecular formula is C10H13N3O. The van der Waals surface area contributed by atoms with E-state index in [1.54, 1.807) is 6.07 Å². The minimum absolute atomic E-state index is 0.550. The van der Waals surface area contributed by atoms with Gasteiger partial charge in [0.1, 0.15) is 5.76 Å². The molecule has 1 aromatic rings. The molecule has 0 aromatic carbocycles. The fourth-order valence-electron chi connectivity index (χ4n) is 1.68. The molecule has 0 bridgehead atoms. The Morgan fingerprint density at radius 2 is 2.14 bits per heavy atom. The van der Waals surface area contributed by atoms with E-state index in [0.717, 1.165) is 19.0 Å². The molecule has 0 radical (unpaired) electrons. The first-order valence-corrected chi connectivity index (χ1v) is 4.81. The van der Waals surface area contributed by atoms with E-state index in [4.69, 9.17) is 15.4 Å². The number of hydrogen-bond acceptors (Lipinski definition) is 4. The maximum absolute atomic E-state index is 8.61. The quantitative estimate of drug-likeness (QED) is 0.767. The molecule has 74 valence electrons. The third-order valence-electron chi connectivity index (χ3n) is 2.48. The van der Waals surface area contributed by atoms with Crippen LogP contribution in [0.2, 0.25) is 0 Å². The number of furan rings is 1. The molecule has 1 saturated heterocycles. The first-order valence-electron chi connectivity index (χ1n) is 4.81. The van der Waals surface area contributed by atoms with Crippen LogP contribution in [0, 0.1) is 11.3 Å². The Hall–Kier alpha value is -1.47. The Bertz CT molecular complexity index is 346. The number of nitrogens with two attached hydrogens (primary N) is 1. The average molecular weight is 191 g/mol.